The summed E-state index contributed by atoms with van der Waals surface area (Å²) in [6, 6.07) is 1.41. The van der Waals surface area contributed by atoms with Crippen LogP contribution >= 0.6 is 0 Å². The third kappa shape index (κ3) is 2.69. The summed E-state index contributed by atoms with van der Waals surface area (Å²) in [6.45, 7) is 5.58. The lowest BCUT2D eigenvalue weighted by Crippen LogP contribution is -2.37. The molecule has 0 saturated heterocycles. The SMILES string of the molecule is Cc1cc(=O)[nH]c(-n2ncc(C(=O)N3CCC4=C(C=NC4)C3)c2C)n1. The maximum Gasteiger partial charge on any atom is 0.257 e. The molecule has 4 rings (SSSR count). The van der Waals surface area contributed by atoms with Crippen LogP contribution in [0.25, 0.3) is 5.95 Å². The van der Waals surface area contributed by atoms with Crippen LogP contribution in [0.15, 0.2) is 33.2 Å². The highest BCUT2D eigenvalue weighted by Gasteiger charge is 2.27. The van der Waals surface area contributed by atoms with Gasteiger partial charge in [-0.15, -0.1) is 0 Å². The molecular formula is C17H18N6O2. The second-order valence-corrected chi connectivity index (χ2v) is 6.34. The Morgan fingerprint density at radius 1 is 1.32 bits per heavy atom. The van der Waals surface area contributed by atoms with Crippen molar-refractivity contribution in [1.29, 1.82) is 0 Å². The fourth-order valence-corrected chi connectivity index (χ4v) is 3.25. The fraction of sp³-hybridized carbons (Fsp3) is 0.353. The molecule has 0 aliphatic carbocycles. The molecule has 2 aliphatic rings. The first-order valence-electron chi connectivity index (χ1n) is 8.16. The first-order valence-corrected chi connectivity index (χ1v) is 8.16. The van der Waals surface area contributed by atoms with Crippen LogP contribution in [-0.4, -0.2) is 56.4 Å². The molecule has 128 valence electrons. The molecule has 1 amide bonds. The molecule has 1 N–H and O–H groups in total. The van der Waals surface area contributed by atoms with Crippen LogP contribution in [0.2, 0.25) is 0 Å². The first kappa shape index (κ1) is 15.5. The number of nitrogens with zero attached hydrogens (tertiary/aromatic N) is 5. The Balaban J connectivity index is 1.64. The number of rotatable bonds is 2. The largest absolute Gasteiger partial charge is 0.334 e. The zero-order valence-electron chi connectivity index (χ0n) is 14.1. The summed E-state index contributed by atoms with van der Waals surface area (Å²) < 4.78 is 1.49. The Morgan fingerprint density at radius 3 is 2.96 bits per heavy atom. The van der Waals surface area contributed by atoms with E-state index in [4.69, 9.17) is 0 Å². The van der Waals surface area contributed by atoms with Gasteiger partial charge in [-0.3, -0.25) is 19.6 Å². The number of aryl methyl sites for hydroxylation is 1. The van der Waals surface area contributed by atoms with E-state index in [1.165, 1.54) is 22.5 Å². The number of H-pyrrole nitrogens is 1. The quantitative estimate of drug-likeness (QED) is 0.876. The van der Waals surface area contributed by atoms with Crippen LogP contribution in [-0.2, 0) is 0 Å². The molecule has 4 heterocycles. The number of aliphatic imine (C=N–C) groups is 1. The molecule has 8 heteroatoms. The smallest absolute Gasteiger partial charge is 0.257 e. The third-order valence-electron chi connectivity index (χ3n) is 4.61. The second kappa shape index (κ2) is 5.80. The number of carbonyl (C=O) groups is 1. The summed E-state index contributed by atoms with van der Waals surface area (Å²) in [5.41, 5.74) is 3.99. The summed E-state index contributed by atoms with van der Waals surface area (Å²) in [5.74, 6) is 0.249. The first-order chi connectivity index (χ1) is 12.0. The Hall–Kier alpha value is -3.03. The van der Waals surface area contributed by atoms with Gasteiger partial charge in [0.1, 0.15) is 0 Å². The number of aromatic nitrogens is 4. The lowest BCUT2D eigenvalue weighted by Gasteiger charge is -2.27. The summed E-state index contributed by atoms with van der Waals surface area (Å²) in [5, 5.41) is 4.25. The molecule has 0 radical (unpaired) electrons. The summed E-state index contributed by atoms with van der Waals surface area (Å²) in [6.07, 6.45) is 4.26. The normalized spacial score (nSPS) is 16.5. The minimum absolute atomic E-state index is 0.0643. The van der Waals surface area contributed by atoms with Crippen LogP contribution in [0.5, 0.6) is 0 Å². The van der Waals surface area contributed by atoms with Crippen molar-refractivity contribution in [2.75, 3.05) is 19.6 Å². The van der Waals surface area contributed by atoms with Gasteiger partial charge in [0, 0.05) is 31.1 Å². The molecule has 0 bridgehead atoms. The van der Waals surface area contributed by atoms with Crippen molar-refractivity contribution < 1.29 is 4.79 Å². The molecule has 0 aromatic carbocycles. The minimum atomic E-state index is -0.249. The Labute approximate surface area is 143 Å². The monoisotopic (exact) mass is 338 g/mol. The molecular weight excluding hydrogens is 320 g/mol. The van der Waals surface area contributed by atoms with Crippen molar-refractivity contribution in [3.8, 4) is 5.95 Å². The Bertz CT molecular complexity index is 981. The van der Waals surface area contributed by atoms with Gasteiger partial charge in [0.05, 0.1) is 24.0 Å². The number of amides is 1. The van der Waals surface area contributed by atoms with E-state index < -0.39 is 0 Å². The van der Waals surface area contributed by atoms with Gasteiger partial charge in [0.15, 0.2) is 0 Å². The lowest BCUT2D eigenvalue weighted by molar-refractivity contribution is 0.0766. The van der Waals surface area contributed by atoms with Gasteiger partial charge in [0.25, 0.3) is 11.5 Å². The van der Waals surface area contributed by atoms with E-state index in [-0.39, 0.29) is 11.5 Å². The van der Waals surface area contributed by atoms with Crippen LogP contribution in [0.1, 0.15) is 28.2 Å². The molecule has 2 aliphatic heterocycles. The Kier molecular flexibility index (Phi) is 3.60. The van der Waals surface area contributed by atoms with E-state index in [1.807, 2.05) is 11.1 Å². The van der Waals surface area contributed by atoms with Crippen LogP contribution in [0, 0.1) is 13.8 Å². The maximum absolute atomic E-state index is 12.9. The number of carbonyl (C=O) groups excluding carboxylic acids is 1. The lowest BCUT2D eigenvalue weighted by atomic mass is 10.0. The van der Waals surface area contributed by atoms with Crippen molar-refractivity contribution in [3.05, 3.63) is 50.7 Å². The topological polar surface area (TPSA) is 96.2 Å². The number of hydrogen-bond acceptors (Lipinski definition) is 5. The predicted molar refractivity (Wildman–Crippen MR) is 92.4 cm³/mol. The van der Waals surface area contributed by atoms with Crippen molar-refractivity contribution in [2.24, 2.45) is 4.99 Å². The van der Waals surface area contributed by atoms with Crippen LogP contribution in [0.4, 0.5) is 0 Å². The summed E-state index contributed by atoms with van der Waals surface area (Å²) in [7, 11) is 0. The second-order valence-electron chi connectivity index (χ2n) is 6.34. The molecule has 8 nitrogen and oxygen atoms in total. The highest BCUT2D eigenvalue weighted by molar-refractivity contribution is 5.96. The van der Waals surface area contributed by atoms with Gasteiger partial charge >= 0.3 is 0 Å². The van der Waals surface area contributed by atoms with Gasteiger partial charge in [0.2, 0.25) is 5.95 Å². The predicted octanol–water partition coefficient (Wildman–Crippen LogP) is 0.799. The van der Waals surface area contributed by atoms with Crippen LogP contribution in [0.3, 0.4) is 0 Å². The maximum atomic E-state index is 12.9. The number of hydrogen-bond donors (Lipinski definition) is 1. The Morgan fingerprint density at radius 2 is 2.16 bits per heavy atom. The van der Waals surface area contributed by atoms with Crippen molar-refractivity contribution in [1.82, 2.24) is 24.6 Å². The molecule has 2 aromatic rings. The number of aromatic amines is 1. The van der Waals surface area contributed by atoms with Crippen molar-refractivity contribution >= 4 is 12.1 Å². The van der Waals surface area contributed by atoms with E-state index in [9.17, 15) is 9.59 Å². The zero-order chi connectivity index (χ0) is 17.6. The highest BCUT2D eigenvalue weighted by Crippen LogP contribution is 2.23. The molecule has 0 atom stereocenters. The number of nitrogens with one attached hydrogen (secondary N) is 1. The van der Waals surface area contributed by atoms with Gasteiger partial charge in [-0.25, -0.2) is 9.67 Å². The summed E-state index contributed by atoms with van der Waals surface area (Å²) >= 11 is 0. The molecule has 2 aromatic heterocycles. The molecule has 0 saturated carbocycles. The van der Waals surface area contributed by atoms with Crippen molar-refractivity contribution in [2.45, 2.75) is 20.3 Å². The molecule has 0 fully saturated rings. The van der Waals surface area contributed by atoms with E-state index >= 15 is 0 Å². The minimum Gasteiger partial charge on any atom is -0.334 e. The average molecular weight is 338 g/mol. The zero-order valence-corrected chi connectivity index (χ0v) is 14.1. The van der Waals surface area contributed by atoms with E-state index in [2.05, 4.69) is 20.1 Å². The van der Waals surface area contributed by atoms with Gasteiger partial charge in [-0.2, -0.15) is 5.10 Å². The fourth-order valence-electron chi connectivity index (χ4n) is 3.25. The van der Waals surface area contributed by atoms with Gasteiger partial charge in [-0.05, 0) is 31.4 Å². The van der Waals surface area contributed by atoms with E-state index in [0.717, 1.165) is 18.5 Å². The van der Waals surface area contributed by atoms with Gasteiger partial charge in [-0.1, -0.05) is 0 Å². The third-order valence-corrected chi connectivity index (χ3v) is 4.61. The molecule has 0 unspecified atom stereocenters. The molecule has 0 spiro atoms. The average Bonchev–Trinajstić information content (AvgIpc) is 3.18. The van der Waals surface area contributed by atoms with Gasteiger partial charge < -0.3 is 4.90 Å². The van der Waals surface area contributed by atoms with E-state index in [0.29, 0.717) is 36.0 Å². The highest BCUT2D eigenvalue weighted by atomic mass is 16.2. The van der Waals surface area contributed by atoms with E-state index in [1.54, 1.807) is 13.8 Å². The van der Waals surface area contributed by atoms with Crippen LogP contribution < -0.4 is 5.56 Å². The summed E-state index contributed by atoms with van der Waals surface area (Å²) in [4.78, 5) is 37.6. The van der Waals surface area contributed by atoms with Crippen molar-refractivity contribution in [3.63, 3.8) is 0 Å². The standard InChI is InChI=1S/C17H18N6O2/c1-10-5-15(24)21-17(20-10)23-11(2)14(8-19-23)16(25)22-4-3-12-6-18-7-13(12)9-22/h5,7-8H,3-4,6,9H2,1-2H3,(H,20,21,24). The molecule has 25 heavy (non-hydrogen) atoms.